The zero-order valence-corrected chi connectivity index (χ0v) is 33.4. The molecule has 0 aliphatic heterocycles. The topological polar surface area (TPSA) is 30.7 Å². The molecule has 282 valence electrons. The second-order valence-corrected chi connectivity index (χ2v) is 16.5. The average Bonchev–Trinajstić information content (AvgIpc) is 3.77. The molecular weight excluding hydrogens is 727 g/mol. The Morgan fingerprint density at radius 1 is 0.400 bits per heavy atom. The molecule has 9 aromatic carbocycles. The third kappa shape index (κ3) is 5.15. The van der Waals surface area contributed by atoms with E-state index >= 15 is 0 Å². The first kappa shape index (κ1) is 34.4. The van der Waals surface area contributed by atoms with E-state index in [1.54, 1.807) is 0 Å². The first-order chi connectivity index (χ1) is 29.5. The Bertz CT molecular complexity index is 3500. The van der Waals surface area contributed by atoms with E-state index < -0.39 is 0 Å². The Morgan fingerprint density at radius 2 is 1.02 bits per heavy atom. The van der Waals surface area contributed by atoms with Gasteiger partial charge in [0.2, 0.25) is 0 Å². The number of benzene rings is 9. The van der Waals surface area contributed by atoms with Gasteiger partial charge in [-0.15, -0.1) is 0 Å². The Morgan fingerprint density at radius 3 is 1.82 bits per heavy atom. The molecule has 0 spiro atoms. The molecule has 0 unspecified atom stereocenters. The molecule has 1 aliphatic rings. The number of hydrogen-bond acceptors (Lipinski definition) is 2. The predicted molar refractivity (Wildman–Crippen MR) is 251 cm³/mol. The fourth-order valence-corrected chi connectivity index (χ4v) is 10.1. The highest BCUT2D eigenvalue weighted by Gasteiger charge is 2.37. The minimum absolute atomic E-state index is 0.0993. The third-order valence-corrected chi connectivity index (χ3v) is 12.8. The Kier molecular flexibility index (Phi) is 7.58. The molecule has 1 aliphatic carbocycles. The van der Waals surface area contributed by atoms with Crippen molar-refractivity contribution in [3.05, 3.63) is 211 Å². The normalized spacial score (nSPS) is 13.0. The van der Waals surface area contributed by atoms with Crippen LogP contribution in [0, 0.1) is 0 Å². The summed E-state index contributed by atoms with van der Waals surface area (Å²) >= 11 is 0. The summed E-state index contributed by atoms with van der Waals surface area (Å²) in [5, 5.41) is 7.35. The lowest BCUT2D eigenvalue weighted by atomic mass is 9.80. The van der Waals surface area contributed by atoms with Gasteiger partial charge in [-0.25, -0.2) is 9.97 Å². The fraction of sp³-hybridized carbons (Fsp3) is 0.0526. The van der Waals surface area contributed by atoms with Crippen molar-refractivity contribution in [3.8, 4) is 61.8 Å². The molecule has 0 saturated carbocycles. The maximum Gasteiger partial charge on any atom is 0.160 e. The molecule has 2 heterocycles. The largest absolute Gasteiger partial charge is 0.309 e. The van der Waals surface area contributed by atoms with Gasteiger partial charge in [0.25, 0.3) is 0 Å². The van der Waals surface area contributed by atoms with Gasteiger partial charge in [0.1, 0.15) is 0 Å². The highest BCUT2D eigenvalue weighted by Crippen LogP contribution is 2.52. The van der Waals surface area contributed by atoms with Gasteiger partial charge in [0, 0.05) is 38.6 Å². The number of para-hydroxylation sites is 2. The molecule has 3 heteroatoms. The van der Waals surface area contributed by atoms with Crippen LogP contribution in [0.3, 0.4) is 0 Å². The van der Waals surface area contributed by atoms with Crippen LogP contribution in [0.25, 0.3) is 105 Å². The summed E-state index contributed by atoms with van der Waals surface area (Å²) in [6.07, 6.45) is 0. The van der Waals surface area contributed by atoms with Crippen molar-refractivity contribution in [2.24, 2.45) is 0 Å². The standard InChI is InChI=1S/C57H39N3/c1-57(2)49-33-29-38(34-48(49)45-30-28-36-16-9-10-21-41(36)55(45)57)40-31-32-44(43-23-12-11-22-42(40)43)50-35-51(59-56(58-50)37-17-5-3-6-18-37)46-25-15-27-53-54(46)47-24-13-14-26-52(47)60(53)39-19-7-4-8-20-39/h3-35H,1-2H3. The van der Waals surface area contributed by atoms with Crippen LogP contribution < -0.4 is 0 Å². The molecule has 0 amide bonds. The van der Waals surface area contributed by atoms with Crippen molar-refractivity contribution in [2.45, 2.75) is 19.3 Å². The van der Waals surface area contributed by atoms with Crippen molar-refractivity contribution >= 4 is 43.4 Å². The van der Waals surface area contributed by atoms with Gasteiger partial charge in [0.15, 0.2) is 5.82 Å². The van der Waals surface area contributed by atoms with Crippen molar-refractivity contribution in [3.63, 3.8) is 0 Å². The van der Waals surface area contributed by atoms with Gasteiger partial charge in [-0.05, 0) is 91.3 Å². The molecule has 0 radical (unpaired) electrons. The summed E-state index contributed by atoms with van der Waals surface area (Å²) in [4.78, 5) is 10.7. The monoisotopic (exact) mass is 765 g/mol. The lowest BCUT2D eigenvalue weighted by Crippen LogP contribution is -2.15. The molecule has 60 heavy (non-hydrogen) atoms. The van der Waals surface area contributed by atoms with E-state index in [2.05, 4.69) is 213 Å². The van der Waals surface area contributed by atoms with Crippen LogP contribution >= 0.6 is 0 Å². The van der Waals surface area contributed by atoms with Gasteiger partial charge >= 0.3 is 0 Å². The zero-order chi connectivity index (χ0) is 40.0. The van der Waals surface area contributed by atoms with E-state index in [1.165, 1.54) is 60.3 Å². The van der Waals surface area contributed by atoms with E-state index in [9.17, 15) is 0 Å². The Hall–Kier alpha value is -7.62. The first-order valence-electron chi connectivity index (χ1n) is 20.7. The van der Waals surface area contributed by atoms with E-state index in [0.717, 1.165) is 50.2 Å². The minimum atomic E-state index is -0.0993. The van der Waals surface area contributed by atoms with E-state index in [1.807, 2.05) is 6.07 Å². The van der Waals surface area contributed by atoms with Crippen LogP contribution in [-0.2, 0) is 5.41 Å². The predicted octanol–water partition coefficient (Wildman–Crippen LogP) is 14.9. The molecule has 0 fully saturated rings. The number of hydrogen-bond donors (Lipinski definition) is 0. The molecule has 0 bridgehead atoms. The highest BCUT2D eigenvalue weighted by molar-refractivity contribution is 6.16. The number of rotatable bonds is 5. The lowest BCUT2D eigenvalue weighted by molar-refractivity contribution is 0.666. The van der Waals surface area contributed by atoms with Crippen molar-refractivity contribution < 1.29 is 0 Å². The quantitative estimate of drug-likeness (QED) is 0.175. The lowest BCUT2D eigenvalue weighted by Gasteiger charge is -2.23. The van der Waals surface area contributed by atoms with E-state index in [-0.39, 0.29) is 5.41 Å². The average molecular weight is 766 g/mol. The van der Waals surface area contributed by atoms with Crippen molar-refractivity contribution in [1.29, 1.82) is 0 Å². The highest BCUT2D eigenvalue weighted by atomic mass is 15.0. The summed E-state index contributed by atoms with van der Waals surface area (Å²) in [5.41, 5.74) is 16.1. The van der Waals surface area contributed by atoms with Crippen molar-refractivity contribution in [1.82, 2.24) is 14.5 Å². The van der Waals surface area contributed by atoms with Gasteiger partial charge in [-0.2, -0.15) is 0 Å². The van der Waals surface area contributed by atoms with Gasteiger partial charge in [0.05, 0.1) is 22.4 Å². The maximum atomic E-state index is 5.35. The minimum Gasteiger partial charge on any atom is -0.309 e. The molecular formula is C57H39N3. The Balaban J connectivity index is 1.05. The first-order valence-corrected chi connectivity index (χ1v) is 20.7. The SMILES string of the molecule is CC1(C)c2ccc(-c3ccc(-c4cc(-c5cccc6c5c5ccccc5n6-c5ccccc5)nc(-c5ccccc5)n4)c4ccccc34)cc2-c2ccc3ccccc3c21. The van der Waals surface area contributed by atoms with E-state index in [4.69, 9.17) is 9.97 Å². The smallest absolute Gasteiger partial charge is 0.160 e. The van der Waals surface area contributed by atoms with Crippen LogP contribution in [0.1, 0.15) is 25.0 Å². The second kappa shape index (κ2) is 13.2. The van der Waals surface area contributed by atoms with Crippen LogP contribution in [0.4, 0.5) is 0 Å². The van der Waals surface area contributed by atoms with Gasteiger partial charge < -0.3 is 4.57 Å². The van der Waals surface area contributed by atoms with Crippen LogP contribution in [-0.4, -0.2) is 14.5 Å². The van der Waals surface area contributed by atoms with Crippen LogP contribution in [0.5, 0.6) is 0 Å². The summed E-state index contributed by atoms with van der Waals surface area (Å²) in [6.45, 7) is 4.74. The molecule has 0 N–H and O–H groups in total. The molecule has 3 nitrogen and oxygen atoms in total. The summed E-state index contributed by atoms with van der Waals surface area (Å²) in [6, 6.07) is 72.3. The van der Waals surface area contributed by atoms with E-state index in [0.29, 0.717) is 5.82 Å². The summed E-state index contributed by atoms with van der Waals surface area (Å²) in [5.74, 6) is 0.701. The Labute approximate surface area is 348 Å². The summed E-state index contributed by atoms with van der Waals surface area (Å²) in [7, 11) is 0. The number of aromatic nitrogens is 3. The van der Waals surface area contributed by atoms with Crippen molar-refractivity contribution in [2.75, 3.05) is 0 Å². The molecule has 0 saturated heterocycles. The van der Waals surface area contributed by atoms with Crippen LogP contribution in [0.15, 0.2) is 200 Å². The maximum absolute atomic E-state index is 5.35. The number of nitrogens with zero attached hydrogens (tertiary/aromatic N) is 3. The molecule has 12 rings (SSSR count). The second-order valence-electron chi connectivity index (χ2n) is 16.5. The number of fused-ring (bicyclic) bond motifs is 9. The summed E-state index contributed by atoms with van der Waals surface area (Å²) < 4.78 is 2.36. The van der Waals surface area contributed by atoms with Crippen LogP contribution in [0.2, 0.25) is 0 Å². The third-order valence-electron chi connectivity index (χ3n) is 12.8. The molecule has 11 aromatic rings. The fourth-order valence-electron chi connectivity index (χ4n) is 10.1. The molecule has 2 aromatic heterocycles. The molecule has 0 atom stereocenters. The zero-order valence-electron chi connectivity index (χ0n) is 33.4. The van der Waals surface area contributed by atoms with Gasteiger partial charge in [-0.3, -0.25) is 0 Å². The van der Waals surface area contributed by atoms with Gasteiger partial charge in [-0.1, -0.05) is 178 Å².